The molecule has 2 aromatic carbocycles. The molecule has 1 N–H and O–H groups in total. The summed E-state index contributed by atoms with van der Waals surface area (Å²) < 4.78 is 43.0. The maximum absolute atomic E-state index is 14.2. The maximum Gasteiger partial charge on any atom is 0.361 e. The van der Waals surface area contributed by atoms with E-state index in [2.05, 4.69) is 15.5 Å². The van der Waals surface area contributed by atoms with Crippen LogP contribution in [0.1, 0.15) is 17.4 Å². The van der Waals surface area contributed by atoms with Crippen LogP contribution in [0, 0.1) is 11.6 Å². The van der Waals surface area contributed by atoms with Gasteiger partial charge in [0.15, 0.2) is 17.2 Å². The van der Waals surface area contributed by atoms with Gasteiger partial charge in [-0.3, -0.25) is 0 Å². The van der Waals surface area contributed by atoms with E-state index in [1.807, 2.05) is 0 Å². The summed E-state index contributed by atoms with van der Waals surface area (Å²) in [6.45, 7) is 1.77. The van der Waals surface area contributed by atoms with E-state index in [0.29, 0.717) is 22.4 Å². The van der Waals surface area contributed by atoms with E-state index >= 15 is 0 Å². The average Bonchev–Trinajstić information content (AvgIpc) is 2.69. The Kier molecular flexibility index (Phi) is 5.53. The molecule has 9 heteroatoms. The Labute approximate surface area is 159 Å². The van der Waals surface area contributed by atoms with Crippen LogP contribution in [0.15, 0.2) is 30.3 Å². The summed E-state index contributed by atoms with van der Waals surface area (Å²) in [5.41, 5.74) is 0.326. The summed E-state index contributed by atoms with van der Waals surface area (Å²) in [6.07, 6.45) is 0. The molecule has 0 atom stereocenters. The first-order valence-electron chi connectivity index (χ1n) is 8.30. The fourth-order valence-corrected chi connectivity index (χ4v) is 2.63. The zero-order valence-electron chi connectivity index (χ0n) is 15.4. The standard InChI is InChI=1S/C19H17F2N3O4/c1-4-28-19(25)18-17(22-13-6-5-10(20)7-12(13)21)11-8-15(26-2)16(27-3)9-14(11)23-24-18/h5-9H,4H2,1-3H3,(H,22,23). The summed E-state index contributed by atoms with van der Waals surface area (Å²) in [5, 5.41) is 11.2. The molecule has 0 bridgehead atoms. The smallest absolute Gasteiger partial charge is 0.361 e. The lowest BCUT2D eigenvalue weighted by molar-refractivity contribution is 0.0519. The monoisotopic (exact) mass is 389 g/mol. The molecule has 0 saturated carbocycles. The largest absolute Gasteiger partial charge is 0.493 e. The van der Waals surface area contributed by atoms with E-state index in [1.54, 1.807) is 19.1 Å². The SMILES string of the molecule is CCOC(=O)c1nnc2cc(OC)c(OC)cc2c1Nc1ccc(F)cc1F. The number of benzene rings is 2. The second-order valence-corrected chi connectivity index (χ2v) is 5.62. The molecule has 0 aliphatic heterocycles. The molecule has 0 amide bonds. The van der Waals surface area contributed by atoms with Crippen LogP contribution in [-0.2, 0) is 4.74 Å². The molecule has 0 fully saturated rings. The number of fused-ring (bicyclic) bond motifs is 1. The lowest BCUT2D eigenvalue weighted by Gasteiger charge is -2.15. The Morgan fingerprint density at radius 2 is 1.79 bits per heavy atom. The molecular formula is C19H17F2N3O4. The van der Waals surface area contributed by atoms with E-state index in [-0.39, 0.29) is 23.7 Å². The fraction of sp³-hybridized carbons (Fsp3) is 0.211. The third-order valence-electron chi connectivity index (χ3n) is 3.93. The highest BCUT2D eigenvalue weighted by atomic mass is 19.1. The van der Waals surface area contributed by atoms with Gasteiger partial charge in [-0.2, -0.15) is 0 Å². The molecule has 0 saturated heterocycles. The number of methoxy groups -OCH3 is 2. The fourth-order valence-electron chi connectivity index (χ4n) is 2.63. The van der Waals surface area contributed by atoms with Crippen LogP contribution in [0.4, 0.5) is 20.2 Å². The summed E-state index contributed by atoms with van der Waals surface area (Å²) >= 11 is 0. The Morgan fingerprint density at radius 3 is 2.43 bits per heavy atom. The van der Waals surface area contributed by atoms with Gasteiger partial charge in [0.1, 0.15) is 11.6 Å². The van der Waals surface area contributed by atoms with Gasteiger partial charge in [0.2, 0.25) is 0 Å². The molecular weight excluding hydrogens is 372 g/mol. The molecule has 3 rings (SSSR count). The minimum Gasteiger partial charge on any atom is -0.493 e. The van der Waals surface area contributed by atoms with Gasteiger partial charge < -0.3 is 19.5 Å². The van der Waals surface area contributed by atoms with Gasteiger partial charge in [-0.25, -0.2) is 13.6 Å². The minimum absolute atomic E-state index is 0.0453. The summed E-state index contributed by atoms with van der Waals surface area (Å²) in [7, 11) is 2.93. The first-order chi connectivity index (χ1) is 13.5. The molecule has 0 unspecified atom stereocenters. The molecule has 0 aliphatic rings. The lowest BCUT2D eigenvalue weighted by atomic mass is 10.1. The van der Waals surface area contributed by atoms with Crippen molar-refractivity contribution in [2.75, 3.05) is 26.1 Å². The molecule has 1 aromatic heterocycles. The van der Waals surface area contributed by atoms with Crippen LogP contribution in [0.2, 0.25) is 0 Å². The number of hydrogen-bond donors (Lipinski definition) is 1. The number of aromatic nitrogens is 2. The number of nitrogens with one attached hydrogen (secondary N) is 1. The van der Waals surface area contributed by atoms with Gasteiger partial charge in [-0.05, 0) is 25.1 Å². The summed E-state index contributed by atoms with van der Waals surface area (Å²) in [6, 6.07) is 6.19. The molecule has 3 aromatic rings. The zero-order valence-corrected chi connectivity index (χ0v) is 15.4. The molecule has 146 valence electrons. The van der Waals surface area contributed by atoms with Crippen molar-refractivity contribution in [1.82, 2.24) is 10.2 Å². The van der Waals surface area contributed by atoms with Crippen LogP contribution in [0.5, 0.6) is 11.5 Å². The number of carbonyl (C=O) groups is 1. The molecule has 0 spiro atoms. The Hall–Kier alpha value is -3.49. The summed E-state index contributed by atoms with van der Waals surface area (Å²) in [4.78, 5) is 12.3. The molecule has 0 aliphatic carbocycles. The number of nitrogens with zero attached hydrogens (tertiary/aromatic N) is 2. The van der Waals surface area contributed by atoms with Crippen molar-refractivity contribution in [1.29, 1.82) is 0 Å². The molecule has 1 heterocycles. The van der Waals surface area contributed by atoms with E-state index in [0.717, 1.165) is 12.1 Å². The number of halogens is 2. The predicted octanol–water partition coefficient (Wildman–Crippen LogP) is 3.85. The highest BCUT2D eigenvalue weighted by Crippen LogP contribution is 2.37. The van der Waals surface area contributed by atoms with Crippen molar-refractivity contribution in [3.63, 3.8) is 0 Å². The quantitative estimate of drug-likeness (QED) is 0.641. The Balaban J connectivity index is 2.24. The van der Waals surface area contributed by atoms with Crippen molar-refractivity contribution in [2.24, 2.45) is 0 Å². The average molecular weight is 389 g/mol. The van der Waals surface area contributed by atoms with E-state index in [1.165, 1.54) is 20.3 Å². The van der Waals surface area contributed by atoms with Crippen LogP contribution in [0.3, 0.4) is 0 Å². The van der Waals surface area contributed by atoms with Gasteiger partial charge in [-0.15, -0.1) is 10.2 Å². The van der Waals surface area contributed by atoms with Crippen molar-refractivity contribution < 1.29 is 27.8 Å². The van der Waals surface area contributed by atoms with Crippen LogP contribution >= 0.6 is 0 Å². The van der Waals surface area contributed by atoms with Crippen LogP contribution in [0.25, 0.3) is 10.9 Å². The van der Waals surface area contributed by atoms with Crippen molar-refractivity contribution in [2.45, 2.75) is 6.92 Å². The van der Waals surface area contributed by atoms with Gasteiger partial charge in [0.25, 0.3) is 0 Å². The van der Waals surface area contributed by atoms with Gasteiger partial charge in [0.05, 0.1) is 37.7 Å². The maximum atomic E-state index is 14.2. The van der Waals surface area contributed by atoms with Crippen molar-refractivity contribution >= 4 is 28.2 Å². The predicted molar refractivity (Wildman–Crippen MR) is 98.2 cm³/mol. The lowest BCUT2D eigenvalue weighted by Crippen LogP contribution is -2.12. The van der Waals surface area contributed by atoms with Crippen molar-refractivity contribution in [3.8, 4) is 11.5 Å². The number of hydrogen-bond acceptors (Lipinski definition) is 7. The first-order valence-corrected chi connectivity index (χ1v) is 8.30. The summed E-state index contributed by atoms with van der Waals surface area (Å²) in [5.74, 6) is -1.51. The van der Waals surface area contributed by atoms with Crippen molar-refractivity contribution in [3.05, 3.63) is 47.7 Å². The Morgan fingerprint density at radius 1 is 1.07 bits per heavy atom. The minimum atomic E-state index is -0.833. The van der Waals surface area contributed by atoms with Crippen LogP contribution in [-0.4, -0.2) is 37.0 Å². The number of anilines is 2. The highest BCUT2D eigenvalue weighted by molar-refractivity contribution is 6.05. The van der Waals surface area contributed by atoms with Crippen LogP contribution < -0.4 is 14.8 Å². The number of carbonyl (C=O) groups excluding carboxylic acids is 1. The zero-order chi connectivity index (χ0) is 20.3. The van der Waals surface area contributed by atoms with Gasteiger partial charge in [-0.1, -0.05) is 0 Å². The topological polar surface area (TPSA) is 82.6 Å². The second kappa shape index (κ2) is 8.03. The van der Waals surface area contributed by atoms with E-state index in [4.69, 9.17) is 14.2 Å². The third kappa shape index (κ3) is 3.64. The number of esters is 1. The second-order valence-electron chi connectivity index (χ2n) is 5.62. The highest BCUT2D eigenvalue weighted by Gasteiger charge is 2.22. The normalized spacial score (nSPS) is 10.6. The van der Waals surface area contributed by atoms with E-state index in [9.17, 15) is 13.6 Å². The molecule has 0 radical (unpaired) electrons. The number of rotatable bonds is 6. The molecule has 28 heavy (non-hydrogen) atoms. The first kappa shape index (κ1) is 19.3. The third-order valence-corrected chi connectivity index (χ3v) is 3.93. The Bertz CT molecular complexity index is 1040. The van der Waals surface area contributed by atoms with Gasteiger partial charge in [0, 0.05) is 17.5 Å². The molecule has 7 nitrogen and oxygen atoms in total. The number of ether oxygens (including phenoxy) is 3. The van der Waals surface area contributed by atoms with Gasteiger partial charge >= 0.3 is 5.97 Å². The van der Waals surface area contributed by atoms with E-state index < -0.39 is 17.6 Å².